The molecule has 2 heterocycles. The SMILES string of the molecule is OCc1cc(-c2ncc(OCc3c(Cl)cccc3Cl)cn2)no1. The molecule has 0 fully saturated rings. The van der Waals surface area contributed by atoms with Crippen molar-refractivity contribution >= 4 is 23.2 Å². The Morgan fingerprint density at radius 1 is 1.13 bits per heavy atom. The van der Waals surface area contributed by atoms with Gasteiger partial charge in [-0.15, -0.1) is 0 Å². The molecule has 0 spiro atoms. The van der Waals surface area contributed by atoms with Gasteiger partial charge in [-0.1, -0.05) is 34.4 Å². The molecule has 0 saturated carbocycles. The largest absolute Gasteiger partial charge is 0.486 e. The molecular weight excluding hydrogens is 341 g/mol. The molecule has 3 aromatic rings. The molecule has 1 N–H and O–H groups in total. The highest BCUT2D eigenvalue weighted by Crippen LogP contribution is 2.25. The summed E-state index contributed by atoms with van der Waals surface area (Å²) in [5, 5.41) is 13.8. The number of rotatable bonds is 5. The first-order valence-electron chi connectivity index (χ1n) is 6.62. The molecule has 8 heteroatoms. The highest BCUT2D eigenvalue weighted by atomic mass is 35.5. The Hall–Kier alpha value is -2.15. The van der Waals surface area contributed by atoms with Crippen molar-refractivity contribution in [2.24, 2.45) is 0 Å². The van der Waals surface area contributed by atoms with Crippen molar-refractivity contribution in [3.63, 3.8) is 0 Å². The molecular formula is C15H11Cl2N3O3. The van der Waals surface area contributed by atoms with E-state index in [0.29, 0.717) is 38.6 Å². The standard InChI is InChI=1S/C15H11Cl2N3O3/c16-12-2-1-3-13(17)11(12)8-22-10-5-18-15(19-6-10)14-4-9(7-21)23-20-14/h1-6,21H,7-8H2. The minimum atomic E-state index is -0.229. The summed E-state index contributed by atoms with van der Waals surface area (Å²) < 4.78 is 10.5. The van der Waals surface area contributed by atoms with Crippen LogP contribution in [0.3, 0.4) is 0 Å². The molecule has 0 aliphatic rings. The first-order valence-corrected chi connectivity index (χ1v) is 7.37. The number of halogens is 2. The van der Waals surface area contributed by atoms with Crippen LogP contribution in [0.2, 0.25) is 10.0 Å². The van der Waals surface area contributed by atoms with Gasteiger partial charge >= 0.3 is 0 Å². The van der Waals surface area contributed by atoms with Crippen molar-refractivity contribution < 1.29 is 14.4 Å². The van der Waals surface area contributed by atoms with E-state index in [1.54, 1.807) is 24.3 Å². The van der Waals surface area contributed by atoms with Crippen LogP contribution in [0, 0.1) is 0 Å². The van der Waals surface area contributed by atoms with Crippen LogP contribution >= 0.6 is 23.2 Å². The fourth-order valence-electron chi connectivity index (χ4n) is 1.84. The molecule has 3 rings (SSSR count). The minimum Gasteiger partial charge on any atom is -0.486 e. The van der Waals surface area contributed by atoms with Gasteiger partial charge in [-0.05, 0) is 12.1 Å². The van der Waals surface area contributed by atoms with Crippen molar-refractivity contribution in [3.05, 3.63) is 58.0 Å². The van der Waals surface area contributed by atoms with Gasteiger partial charge in [-0.3, -0.25) is 0 Å². The van der Waals surface area contributed by atoms with Crippen LogP contribution < -0.4 is 4.74 Å². The fraction of sp³-hybridized carbons (Fsp3) is 0.133. The van der Waals surface area contributed by atoms with Gasteiger partial charge in [0.1, 0.15) is 13.2 Å². The van der Waals surface area contributed by atoms with Gasteiger partial charge in [0.15, 0.2) is 23.0 Å². The molecule has 118 valence electrons. The van der Waals surface area contributed by atoms with E-state index in [9.17, 15) is 0 Å². The predicted molar refractivity (Wildman–Crippen MR) is 84.2 cm³/mol. The van der Waals surface area contributed by atoms with Gasteiger partial charge in [-0.2, -0.15) is 0 Å². The lowest BCUT2D eigenvalue weighted by atomic mass is 10.2. The summed E-state index contributed by atoms with van der Waals surface area (Å²) in [6.45, 7) is -0.0212. The van der Waals surface area contributed by atoms with Crippen molar-refractivity contribution in [2.45, 2.75) is 13.2 Å². The Bertz CT molecular complexity index is 786. The second-order valence-electron chi connectivity index (χ2n) is 4.57. The Balaban J connectivity index is 1.70. The highest BCUT2D eigenvalue weighted by Gasteiger charge is 2.10. The Labute approximate surface area is 141 Å². The summed E-state index contributed by atoms with van der Waals surface area (Å²) in [4.78, 5) is 8.29. The van der Waals surface area contributed by atoms with Crippen molar-refractivity contribution in [3.8, 4) is 17.3 Å². The van der Waals surface area contributed by atoms with E-state index >= 15 is 0 Å². The lowest BCUT2D eigenvalue weighted by Crippen LogP contribution is -1.99. The summed E-state index contributed by atoms with van der Waals surface area (Å²) in [6.07, 6.45) is 3.03. The Morgan fingerprint density at radius 2 is 1.83 bits per heavy atom. The molecule has 0 atom stereocenters. The van der Waals surface area contributed by atoms with Crippen molar-refractivity contribution in [1.82, 2.24) is 15.1 Å². The third-order valence-electron chi connectivity index (χ3n) is 3.02. The maximum atomic E-state index is 8.95. The third kappa shape index (κ3) is 3.61. The number of aliphatic hydroxyl groups is 1. The zero-order valence-electron chi connectivity index (χ0n) is 11.7. The molecule has 0 radical (unpaired) electrons. The van der Waals surface area contributed by atoms with E-state index in [2.05, 4.69) is 15.1 Å². The number of ether oxygens (including phenoxy) is 1. The molecule has 0 amide bonds. The Morgan fingerprint density at radius 3 is 2.43 bits per heavy atom. The number of hydrogen-bond donors (Lipinski definition) is 1. The smallest absolute Gasteiger partial charge is 0.181 e. The molecule has 0 aliphatic carbocycles. The van der Waals surface area contributed by atoms with Crippen LogP contribution in [0.5, 0.6) is 5.75 Å². The van der Waals surface area contributed by atoms with Crippen LogP contribution in [0.4, 0.5) is 0 Å². The third-order valence-corrected chi connectivity index (χ3v) is 3.73. The van der Waals surface area contributed by atoms with E-state index in [-0.39, 0.29) is 13.2 Å². The van der Waals surface area contributed by atoms with Crippen LogP contribution in [0.25, 0.3) is 11.5 Å². The Kier molecular flexibility index (Phi) is 4.76. The van der Waals surface area contributed by atoms with E-state index in [1.807, 2.05) is 0 Å². The molecule has 23 heavy (non-hydrogen) atoms. The van der Waals surface area contributed by atoms with Crippen molar-refractivity contribution in [1.29, 1.82) is 0 Å². The number of aromatic nitrogens is 3. The predicted octanol–water partition coefficient (Wildman–Crippen LogP) is 3.51. The highest BCUT2D eigenvalue weighted by molar-refractivity contribution is 6.35. The van der Waals surface area contributed by atoms with Gasteiger partial charge in [0.2, 0.25) is 0 Å². The van der Waals surface area contributed by atoms with Gasteiger partial charge < -0.3 is 14.4 Å². The fourth-order valence-corrected chi connectivity index (χ4v) is 2.35. The van der Waals surface area contributed by atoms with Crippen LogP contribution in [-0.4, -0.2) is 20.2 Å². The van der Waals surface area contributed by atoms with Crippen molar-refractivity contribution in [2.75, 3.05) is 0 Å². The van der Waals surface area contributed by atoms with E-state index in [0.717, 1.165) is 0 Å². The van der Waals surface area contributed by atoms with Gasteiger partial charge in [-0.25, -0.2) is 9.97 Å². The van der Waals surface area contributed by atoms with E-state index < -0.39 is 0 Å². The molecule has 0 aliphatic heterocycles. The van der Waals surface area contributed by atoms with Gasteiger partial charge in [0, 0.05) is 21.7 Å². The molecule has 6 nitrogen and oxygen atoms in total. The maximum Gasteiger partial charge on any atom is 0.181 e. The van der Waals surface area contributed by atoms with E-state index in [1.165, 1.54) is 12.4 Å². The van der Waals surface area contributed by atoms with Crippen LogP contribution in [-0.2, 0) is 13.2 Å². The monoisotopic (exact) mass is 351 g/mol. The number of aliphatic hydroxyl groups excluding tert-OH is 1. The average molecular weight is 352 g/mol. The molecule has 0 unspecified atom stereocenters. The summed E-state index contributed by atoms with van der Waals surface area (Å²) >= 11 is 12.2. The zero-order valence-corrected chi connectivity index (χ0v) is 13.3. The lowest BCUT2D eigenvalue weighted by Gasteiger charge is -2.08. The summed E-state index contributed by atoms with van der Waals surface area (Å²) in [7, 11) is 0. The molecule has 2 aromatic heterocycles. The quantitative estimate of drug-likeness (QED) is 0.757. The number of hydrogen-bond acceptors (Lipinski definition) is 6. The second kappa shape index (κ2) is 6.95. The first-order chi connectivity index (χ1) is 11.2. The zero-order chi connectivity index (χ0) is 16.2. The normalized spacial score (nSPS) is 10.7. The van der Waals surface area contributed by atoms with Crippen LogP contribution in [0.1, 0.15) is 11.3 Å². The number of benzene rings is 1. The summed E-state index contributed by atoms with van der Waals surface area (Å²) in [6, 6.07) is 6.83. The maximum absolute atomic E-state index is 8.95. The summed E-state index contributed by atoms with van der Waals surface area (Å²) in [5.74, 6) is 1.18. The second-order valence-corrected chi connectivity index (χ2v) is 5.38. The first kappa shape index (κ1) is 15.7. The molecule has 1 aromatic carbocycles. The molecule has 0 bridgehead atoms. The topological polar surface area (TPSA) is 81.3 Å². The molecule has 0 saturated heterocycles. The van der Waals surface area contributed by atoms with Gasteiger partial charge in [0.05, 0.1) is 12.4 Å². The summed E-state index contributed by atoms with van der Waals surface area (Å²) in [5.41, 5.74) is 1.14. The minimum absolute atomic E-state index is 0.208. The van der Waals surface area contributed by atoms with E-state index in [4.69, 9.17) is 37.6 Å². The average Bonchev–Trinajstić information content (AvgIpc) is 3.04. The lowest BCUT2D eigenvalue weighted by molar-refractivity contribution is 0.229. The number of nitrogens with zero attached hydrogens (tertiary/aromatic N) is 3. The van der Waals surface area contributed by atoms with Crippen LogP contribution in [0.15, 0.2) is 41.2 Å². The van der Waals surface area contributed by atoms with Gasteiger partial charge in [0.25, 0.3) is 0 Å².